The van der Waals surface area contributed by atoms with E-state index in [0.717, 1.165) is 23.5 Å². The molecule has 0 spiro atoms. The van der Waals surface area contributed by atoms with Gasteiger partial charge >= 0.3 is 0 Å². The minimum absolute atomic E-state index is 0.498. The number of pyridine rings is 1. The molecule has 2 heterocycles. The van der Waals surface area contributed by atoms with Gasteiger partial charge < -0.3 is 5.73 Å². The maximum Gasteiger partial charge on any atom is 0.153 e. The summed E-state index contributed by atoms with van der Waals surface area (Å²) in [6.07, 6.45) is 4.18. The van der Waals surface area contributed by atoms with Crippen LogP contribution in [-0.2, 0) is 13.0 Å². The van der Waals surface area contributed by atoms with Crippen molar-refractivity contribution in [3.63, 3.8) is 0 Å². The zero-order chi connectivity index (χ0) is 11.5. The Labute approximate surface area is 99.1 Å². The lowest BCUT2D eigenvalue weighted by Gasteiger charge is -2.06. The lowest BCUT2D eigenvalue weighted by molar-refractivity contribution is 0.825. The third-order valence-corrected chi connectivity index (χ3v) is 2.50. The summed E-state index contributed by atoms with van der Waals surface area (Å²) in [6.45, 7) is 2.56. The van der Waals surface area contributed by atoms with Crippen LogP contribution in [0.3, 0.4) is 0 Å². The van der Waals surface area contributed by atoms with Gasteiger partial charge in [-0.25, -0.2) is 9.67 Å². The number of nitrogens with two attached hydrogens (primary N) is 1. The van der Waals surface area contributed by atoms with Gasteiger partial charge in [-0.3, -0.25) is 0 Å². The van der Waals surface area contributed by atoms with E-state index >= 15 is 0 Å². The molecule has 0 unspecified atom stereocenters. The largest absolute Gasteiger partial charge is 0.326 e. The Morgan fingerprint density at radius 2 is 2.25 bits per heavy atom. The third-order valence-electron chi connectivity index (χ3n) is 2.31. The van der Waals surface area contributed by atoms with Crippen molar-refractivity contribution < 1.29 is 0 Å². The van der Waals surface area contributed by atoms with E-state index in [0.29, 0.717) is 11.6 Å². The van der Waals surface area contributed by atoms with E-state index in [4.69, 9.17) is 17.3 Å². The molecule has 0 radical (unpaired) electrons. The Kier molecular flexibility index (Phi) is 3.22. The molecule has 5 heteroatoms. The van der Waals surface area contributed by atoms with E-state index in [-0.39, 0.29) is 0 Å². The predicted octanol–water partition coefficient (Wildman–Crippen LogP) is 1.94. The van der Waals surface area contributed by atoms with Gasteiger partial charge in [-0.05, 0) is 24.1 Å². The van der Waals surface area contributed by atoms with Gasteiger partial charge in [0.05, 0.1) is 17.4 Å². The normalized spacial score (nSPS) is 10.7. The Bertz CT molecular complexity index is 470. The van der Waals surface area contributed by atoms with Gasteiger partial charge in [0.1, 0.15) is 0 Å². The first-order chi connectivity index (χ1) is 7.72. The first kappa shape index (κ1) is 11.1. The zero-order valence-corrected chi connectivity index (χ0v) is 9.78. The molecule has 0 saturated heterocycles. The summed E-state index contributed by atoms with van der Waals surface area (Å²) in [6, 6.07) is 3.93. The number of rotatable bonds is 3. The molecule has 84 valence electrons. The Morgan fingerprint density at radius 3 is 2.81 bits per heavy atom. The molecule has 0 bridgehead atoms. The summed E-state index contributed by atoms with van der Waals surface area (Å²) in [4.78, 5) is 4.47. The van der Waals surface area contributed by atoms with Crippen molar-refractivity contribution in [2.45, 2.75) is 19.9 Å². The summed E-state index contributed by atoms with van der Waals surface area (Å²) in [5.41, 5.74) is 7.70. The van der Waals surface area contributed by atoms with Gasteiger partial charge in [0.25, 0.3) is 0 Å². The minimum Gasteiger partial charge on any atom is -0.326 e. The molecule has 0 amide bonds. The molecular weight excluding hydrogens is 224 g/mol. The molecule has 0 atom stereocenters. The third kappa shape index (κ3) is 2.23. The Morgan fingerprint density at radius 1 is 1.44 bits per heavy atom. The molecule has 0 fully saturated rings. The van der Waals surface area contributed by atoms with Gasteiger partial charge in [-0.1, -0.05) is 18.5 Å². The number of aryl methyl sites for hydroxylation is 1. The van der Waals surface area contributed by atoms with E-state index in [1.807, 2.05) is 12.1 Å². The first-order valence-electron chi connectivity index (χ1n) is 5.13. The summed E-state index contributed by atoms with van der Waals surface area (Å²) < 4.78 is 1.65. The molecule has 4 nitrogen and oxygen atoms in total. The van der Waals surface area contributed by atoms with Gasteiger partial charge in [0.2, 0.25) is 0 Å². The molecule has 2 aromatic heterocycles. The van der Waals surface area contributed by atoms with Gasteiger partial charge in [0, 0.05) is 12.2 Å². The van der Waals surface area contributed by atoms with Crippen LogP contribution in [0, 0.1) is 0 Å². The topological polar surface area (TPSA) is 56.7 Å². The molecule has 0 saturated carbocycles. The summed E-state index contributed by atoms with van der Waals surface area (Å²) in [5.74, 6) is 0.756. The fourth-order valence-electron chi connectivity index (χ4n) is 1.48. The van der Waals surface area contributed by atoms with Crippen molar-refractivity contribution in [3.05, 3.63) is 40.8 Å². The smallest absolute Gasteiger partial charge is 0.153 e. The monoisotopic (exact) mass is 236 g/mol. The van der Waals surface area contributed by atoms with Crippen LogP contribution < -0.4 is 5.73 Å². The average molecular weight is 237 g/mol. The highest BCUT2D eigenvalue weighted by molar-refractivity contribution is 6.30. The van der Waals surface area contributed by atoms with Crippen LogP contribution >= 0.6 is 11.6 Å². The zero-order valence-electron chi connectivity index (χ0n) is 9.02. The molecule has 2 N–H and O–H groups in total. The van der Waals surface area contributed by atoms with Crippen molar-refractivity contribution in [3.8, 4) is 5.82 Å². The van der Waals surface area contributed by atoms with Crippen LogP contribution in [0.5, 0.6) is 0 Å². The van der Waals surface area contributed by atoms with Crippen molar-refractivity contribution >= 4 is 11.6 Å². The lowest BCUT2D eigenvalue weighted by Crippen LogP contribution is -2.05. The van der Waals surface area contributed by atoms with Crippen LogP contribution in [0.1, 0.15) is 18.2 Å². The van der Waals surface area contributed by atoms with Crippen molar-refractivity contribution in [1.82, 2.24) is 14.8 Å². The molecule has 2 aromatic rings. The Hall–Kier alpha value is -1.39. The Balaban J connectivity index is 2.47. The average Bonchev–Trinajstić information content (AvgIpc) is 2.75. The van der Waals surface area contributed by atoms with Gasteiger partial charge in [-0.15, -0.1) is 0 Å². The number of nitrogens with zero attached hydrogens (tertiary/aromatic N) is 3. The molecule has 0 aliphatic carbocycles. The fraction of sp³-hybridized carbons (Fsp3) is 0.273. The molecule has 0 aromatic carbocycles. The van der Waals surface area contributed by atoms with E-state index < -0.39 is 0 Å². The second-order valence-corrected chi connectivity index (χ2v) is 3.92. The quantitative estimate of drug-likeness (QED) is 0.886. The standard InChI is InChI=1S/C11H13ClN4/c1-2-10-3-8(5-13)4-11(15-10)16-7-9(12)6-14-16/h3-4,6-7H,2,5,13H2,1H3. The maximum absolute atomic E-state index is 5.82. The van der Waals surface area contributed by atoms with Crippen LogP contribution in [0.4, 0.5) is 0 Å². The van der Waals surface area contributed by atoms with Gasteiger partial charge in [-0.2, -0.15) is 5.10 Å². The number of halogens is 1. The second kappa shape index (κ2) is 4.63. The van der Waals surface area contributed by atoms with Crippen LogP contribution in [0.2, 0.25) is 5.02 Å². The van der Waals surface area contributed by atoms with Gasteiger partial charge in [0.15, 0.2) is 5.82 Å². The maximum atomic E-state index is 5.82. The fourth-order valence-corrected chi connectivity index (χ4v) is 1.61. The highest BCUT2D eigenvalue weighted by atomic mass is 35.5. The van der Waals surface area contributed by atoms with Crippen molar-refractivity contribution in [2.24, 2.45) is 5.73 Å². The number of aromatic nitrogens is 3. The molecule has 0 aliphatic rings. The van der Waals surface area contributed by atoms with E-state index in [2.05, 4.69) is 17.0 Å². The number of hydrogen-bond acceptors (Lipinski definition) is 3. The first-order valence-corrected chi connectivity index (χ1v) is 5.51. The SMILES string of the molecule is CCc1cc(CN)cc(-n2cc(Cl)cn2)n1. The van der Waals surface area contributed by atoms with Crippen LogP contribution in [0.25, 0.3) is 5.82 Å². The predicted molar refractivity (Wildman–Crippen MR) is 63.6 cm³/mol. The van der Waals surface area contributed by atoms with Crippen LogP contribution in [-0.4, -0.2) is 14.8 Å². The van der Waals surface area contributed by atoms with E-state index in [1.165, 1.54) is 0 Å². The molecule has 2 rings (SSSR count). The number of hydrogen-bond donors (Lipinski definition) is 1. The van der Waals surface area contributed by atoms with Crippen LogP contribution in [0.15, 0.2) is 24.5 Å². The molecule has 0 aliphatic heterocycles. The van der Waals surface area contributed by atoms with Crippen molar-refractivity contribution in [1.29, 1.82) is 0 Å². The van der Waals surface area contributed by atoms with Crippen molar-refractivity contribution in [2.75, 3.05) is 0 Å². The highest BCUT2D eigenvalue weighted by Crippen LogP contribution is 2.13. The lowest BCUT2D eigenvalue weighted by atomic mass is 10.2. The second-order valence-electron chi connectivity index (χ2n) is 3.49. The minimum atomic E-state index is 0.498. The van der Waals surface area contributed by atoms with E-state index in [1.54, 1.807) is 17.1 Å². The summed E-state index contributed by atoms with van der Waals surface area (Å²) in [5, 5.41) is 4.71. The van der Waals surface area contributed by atoms with E-state index in [9.17, 15) is 0 Å². The summed E-state index contributed by atoms with van der Waals surface area (Å²) in [7, 11) is 0. The molecule has 16 heavy (non-hydrogen) atoms. The summed E-state index contributed by atoms with van der Waals surface area (Å²) >= 11 is 5.82. The highest BCUT2D eigenvalue weighted by Gasteiger charge is 2.04. The molecular formula is C11H13ClN4.